The smallest absolute Gasteiger partial charge is 0.408 e. The molecule has 0 aliphatic heterocycles. The van der Waals surface area contributed by atoms with Gasteiger partial charge in [-0.3, -0.25) is 0 Å². The van der Waals surface area contributed by atoms with E-state index in [1.54, 1.807) is 20.8 Å². The van der Waals surface area contributed by atoms with Crippen molar-refractivity contribution in [3.05, 3.63) is 35.4 Å². The Morgan fingerprint density at radius 1 is 0.962 bits per heavy atom. The van der Waals surface area contributed by atoms with Gasteiger partial charge in [-0.25, -0.2) is 9.59 Å². The van der Waals surface area contributed by atoms with Crippen LogP contribution in [0.15, 0.2) is 24.3 Å². The molecule has 0 unspecified atom stereocenters. The molecule has 2 N–H and O–H groups in total. The topological polar surface area (TPSA) is 76.7 Å². The van der Waals surface area contributed by atoms with Crippen molar-refractivity contribution in [3.8, 4) is 11.8 Å². The summed E-state index contributed by atoms with van der Waals surface area (Å²) in [5.74, 6) is 5.83. The fourth-order valence-corrected chi connectivity index (χ4v) is 1.82. The van der Waals surface area contributed by atoms with Gasteiger partial charge in [0, 0.05) is 12.1 Å². The molecule has 0 spiro atoms. The molecule has 1 aromatic carbocycles. The Labute approximate surface area is 155 Å². The van der Waals surface area contributed by atoms with Crippen LogP contribution in [0.1, 0.15) is 52.7 Å². The highest BCUT2D eigenvalue weighted by molar-refractivity contribution is 5.68. The summed E-state index contributed by atoms with van der Waals surface area (Å²) < 4.78 is 10.3. The van der Waals surface area contributed by atoms with Crippen LogP contribution in [0.25, 0.3) is 0 Å². The van der Waals surface area contributed by atoms with E-state index < -0.39 is 23.4 Å². The van der Waals surface area contributed by atoms with E-state index in [0.29, 0.717) is 6.54 Å². The number of hydrogen-bond donors (Lipinski definition) is 2. The van der Waals surface area contributed by atoms with E-state index in [4.69, 9.17) is 9.47 Å². The number of nitrogens with one attached hydrogen (secondary N) is 2. The summed E-state index contributed by atoms with van der Waals surface area (Å²) in [6.45, 7) is 11.4. The standard InChI is InChI=1S/C20H28N2O4/c1-19(2,3)25-17(23)21-12-8-11-15-9-7-10-16(13-15)14-22-18(24)26-20(4,5)6/h7,9-10,13H,12,14H2,1-6H3,(H,21,23)(H,22,24). The van der Waals surface area contributed by atoms with Gasteiger partial charge in [-0.2, -0.15) is 0 Å². The first-order valence-corrected chi connectivity index (χ1v) is 8.46. The molecule has 0 saturated carbocycles. The van der Waals surface area contributed by atoms with Crippen molar-refractivity contribution in [2.75, 3.05) is 6.54 Å². The van der Waals surface area contributed by atoms with Crippen LogP contribution >= 0.6 is 0 Å². The van der Waals surface area contributed by atoms with Gasteiger partial charge in [0.25, 0.3) is 0 Å². The molecule has 0 radical (unpaired) electrons. The number of hydrogen-bond acceptors (Lipinski definition) is 4. The maximum Gasteiger partial charge on any atom is 0.408 e. The van der Waals surface area contributed by atoms with E-state index in [9.17, 15) is 9.59 Å². The molecule has 0 bridgehead atoms. The molecule has 0 saturated heterocycles. The van der Waals surface area contributed by atoms with Crippen molar-refractivity contribution in [3.63, 3.8) is 0 Å². The Balaban J connectivity index is 2.50. The van der Waals surface area contributed by atoms with Gasteiger partial charge >= 0.3 is 12.2 Å². The molecular formula is C20H28N2O4. The van der Waals surface area contributed by atoms with Gasteiger partial charge in [0.15, 0.2) is 0 Å². The number of ether oxygens (including phenoxy) is 2. The van der Waals surface area contributed by atoms with Crippen LogP contribution in [0.5, 0.6) is 0 Å². The Morgan fingerprint density at radius 2 is 1.54 bits per heavy atom. The predicted molar refractivity (Wildman–Crippen MR) is 101 cm³/mol. The first-order chi connectivity index (χ1) is 11.9. The molecular weight excluding hydrogens is 332 g/mol. The van der Waals surface area contributed by atoms with Gasteiger partial charge in [-0.05, 0) is 59.2 Å². The molecule has 2 amide bonds. The van der Waals surface area contributed by atoms with Crippen molar-refractivity contribution < 1.29 is 19.1 Å². The SMILES string of the molecule is CC(C)(C)OC(=O)NCC#Cc1cccc(CNC(=O)OC(C)(C)C)c1. The highest BCUT2D eigenvalue weighted by atomic mass is 16.6. The molecule has 0 fully saturated rings. The second-order valence-corrected chi connectivity index (χ2v) is 7.71. The predicted octanol–water partition coefficient (Wildman–Crippen LogP) is 3.59. The summed E-state index contributed by atoms with van der Waals surface area (Å²) >= 11 is 0. The first-order valence-electron chi connectivity index (χ1n) is 8.46. The number of carbonyl (C=O) groups is 2. The molecule has 0 atom stereocenters. The molecule has 6 heteroatoms. The Morgan fingerprint density at radius 3 is 2.12 bits per heavy atom. The number of alkyl carbamates (subject to hydrolysis) is 2. The van der Waals surface area contributed by atoms with Gasteiger partial charge in [0.2, 0.25) is 0 Å². The lowest BCUT2D eigenvalue weighted by Gasteiger charge is -2.19. The average molecular weight is 360 g/mol. The highest BCUT2D eigenvalue weighted by Gasteiger charge is 2.16. The largest absolute Gasteiger partial charge is 0.444 e. The summed E-state index contributed by atoms with van der Waals surface area (Å²) in [5, 5.41) is 5.28. The number of rotatable bonds is 3. The molecule has 0 heterocycles. The van der Waals surface area contributed by atoms with Gasteiger partial charge in [-0.15, -0.1) is 0 Å². The third kappa shape index (κ3) is 10.2. The van der Waals surface area contributed by atoms with E-state index >= 15 is 0 Å². The number of carbonyl (C=O) groups excluding carboxylic acids is 2. The maximum atomic E-state index is 11.7. The quantitative estimate of drug-likeness (QED) is 0.808. The van der Waals surface area contributed by atoms with E-state index in [-0.39, 0.29) is 6.54 Å². The zero-order chi connectivity index (χ0) is 19.8. The number of amides is 2. The Bertz CT molecular complexity index is 688. The fraction of sp³-hybridized carbons (Fsp3) is 0.500. The maximum absolute atomic E-state index is 11.7. The first kappa shape index (κ1) is 21.4. The van der Waals surface area contributed by atoms with E-state index in [1.165, 1.54) is 0 Å². The lowest BCUT2D eigenvalue weighted by Crippen LogP contribution is -2.32. The molecule has 6 nitrogen and oxygen atoms in total. The van der Waals surface area contributed by atoms with Crippen LogP contribution < -0.4 is 10.6 Å². The van der Waals surface area contributed by atoms with Gasteiger partial charge in [-0.1, -0.05) is 24.0 Å². The lowest BCUT2D eigenvalue weighted by molar-refractivity contribution is 0.0516. The second kappa shape index (κ2) is 9.14. The summed E-state index contributed by atoms with van der Waals surface area (Å²) in [6, 6.07) is 7.48. The van der Waals surface area contributed by atoms with Crippen molar-refractivity contribution in [2.45, 2.75) is 59.3 Å². The van der Waals surface area contributed by atoms with Crippen LogP contribution in [0, 0.1) is 11.8 Å². The zero-order valence-electron chi connectivity index (χ0n) is 16.4. The third-order valence-corrected chi connectivity index (χ3v) is 2.72. The molecule has 0 aliphatic rings. The zero-order valence-corrected chi connectivity index (χ0v) is 16.4. The van der Waals surface area contributed by atoms with Gasteiger partial charge in [0.05, 0.1) is 6.54 Å². The van der Waals surface area contributed by atoms with Crippen molar-refractivity contribution in [1.82, 2.24) is 10.6 Å². The molecule has 0 aliphatic carbocycles. The highest BCUT2D eigenvalue weighted by Crippen LogP contribution is 2.08. The van der Waals surface area contributed by atoms with Crippen LogP contribution in [0.2, 0.25) is 0 Å². The van der Waals surface area contributed by atoms with Gasteiger partial charge in [0.1, 0.15) is 11.2 Å². The van der Waals surface area contributed by atoms with E-state index in [2.05, 4.69) is 22.5 Å². The van der Waals surface area contributed by atoms with Crippen molar-refractivity contribution in [1.29, 1.82) is 0 Å². The van der Waals surface area contributed by atoms with Crippen molar-refractivity contribution >= 4 is 12.2 Å². The average Bonchev–Trinajstić information content (AvgIpc) is 2.47. The van der Waals surface area contributed by atoms with Crippen molar-refractivity contribution in [2.24, 2.45) is 0 Å². The van der Waals surface area contributed by atoms with Crippen LogP contribution in [-0.2, 0) is 16.0 Å². The Kier molecular flexibility index (Phi) is 7.51. The molecule has 142 valence electrons. The van der Waals surface area contributed by atoms with E-state index in [0.717, 1.165) is 11.1 Å². The Hall–Kier alpha value is -2.68. The minimum absolute atomic E-state index is 0.190. The summed E-state index contributed by atoms with van der Waals surface area (Å²) in [6.07, 6.45) is -0.961. The lowest BCUT2D eigenvalue weighted by atomic mass is 10.1. The minimum atomic E-state index is -0.535. The fourth-order valence-electron chi connectivity index (χ4n) is 1.82. The summed E-state index contributed by atoms with van der Waals surface area (Å²) in [5.41, 5.74) is 0.633. The molecule has 26 heavy (non-hydrogen) atoms. The van der Waals surface area contributed by atoms with Crippen LogP contribution in [0.4, 0.5) is 9.59 Å². The van der Waals surface area contributed by atoms with Gasteiger partial charge < -0.3 is 20.1 Å². The molecule has 0 aromatic heterocycles. The monoisotopic (exact) mass is 360 g/mol. The second-order valence-electron chi connectivity index (χ2n) is 7.71. The summed E-state index contributed by atoms with van der Waals surface area (Å²) in [7, 11) is 0. The molecule has 1 aromatic rings. The molecule has 1 rings (SSSR count). The van der Waals surface area contributed by atoms with E-state index in [1.807, 2.05) is 45.0 Å². The summed E-state index contributed by atoms with van der Waals surface area (Å²) in [4.78, 5) is 23.2. The number of benzene rings is 1. The minimum Gasteiger partial charge on any atom is -0.444 e. The normalized spacial score (nSPS) is 11.0. The third-order valence-electron chi connectivity index (χ3n) is 2.72. The van der Waals surface area contributed by atoms with Crippen LogP contribution in [-0.4, -0.2) is 29.9 Å². The van der Waals surface area contributed by atoms with Crippen LogP contribution in [0.3, 0.4) is 0 Å².